The van der Waals surface area contributed by atoms with Crippen LogP contribution in [-0.4, -0.2) is 21.1 Å². The van der Waals surface area contributed by atoms with E-state index in [1.807, 2.05) is 6.92 Å². The summed E-state index contributed by atoms with van der Waals surface area (Å²) in [6, 6.07) is 5.28. The predicted molar refractivity (Wildman–Crippen MR) is 80.1 cm³/mol. The maximum atomic E-state index is 12.8. The molecule has 0 aliphatic rings. The number of benzene rings is 1. The Morgan fingerprint density at radius 3 is 2.70 bits per heavy atom. The van der Waals surface area contributed by atoms with Crippen LogP contribution in [0.25, 0.3) is 22.4 Å². The van der Waals surface area contributed by atoms with Gasteiger partial charge in [0.2, 0.25) is 0 Å². The highest BCUT2D eigenvalue weighted by atomic mass is 19.4. The Bertz CT molecular complexity index is 855. The minimum atomic E-state index is -4.39. The lowest BCUT2D eigenvalue weighted by Gasteiger charge is -2.09. The Balaban J connectivity index is 2.18. The third kappa shape index (κ3) is 2.74. The highest BCUT2D eigenvalue weighted by Crippen LogP contribution is 2.34. The first-order valence-corrected chi connectivity index (χ1v) is 7.02. The van der Waals surface area contributed by atoms with Gasteiger partial charge in [0.25, 0.3) is 0 Å². The lowest BCUT2D eigenvalue weighted by molar-refractivity contribution is -0.137. The number of rotatable bonds is 3. The molecule has 1 aromatic carbocycles. The standard InChI is InChI=1S/C16H14F3N3O/c1-3-23-14-9-20-7-6-11(14)15-21-12-8-10(16(17,18)19)4-5-13(12)22(15)2/h4-9H,3H2,1-2H3. The number of aryl methyl sites for hydroxylation is 1. The molecule has 0 bridgehead atoms. The first-order valence-electron chi connectivity index (χ1n) is 7.02. The molecule has 3 rings (SSSR count). The highest BCUT2D eigenvalue weighted by Gasteiger charge is 2.31. The molecular weight excluding hydrogens is 307 g/mol. The number of aromatic nitrogens is 3. The largest absolute Gasteiger partial charge is 0.491 e. The molecule has 7 heteroatoms. The topological polar surface area (TPSA) is 39.9 Å². The maximum absolute atomic E-state index is 12.8. The third-order valence-corrected chi connectivity index (χ3v) is 3.53. The molecule has 0 radical (unpaired) electrons. The van der Waals surface area contributed by atoms with Crippen molar-refractivity contribution in [1.82, 2.24) is 14.5 Å². The molecule has 0 unspecified atom stereocenters. The number of halogens is 3. The lowest BCUT2D eigenvalue weighted by atomic mass is 10.2. The second-order valence-electron chi connectivity index (χ2n) is 5.00. The molecule has 0 fully saturated rings. The van der Waals surface area contributed by atoms with Crippen molar-refractivity contribution in [2.24, 2.45) is 7.05 Å². The molecule has 2 heterocycles. The zero-order chi connectivity index (χ0) is 16.6. The summed E-state index contributed by atoms with van der Waals surface area (Å²) in [4.78, 5) is 8.36. The van der Waals surface area contributed by atoms with Gasteiger partial charge in [-0.2, -0.15) is 13.2 Å². The Morgan fingerprint density at radius 2 is 2.00 bits per heavy atom. The van der Waals surface area contributed by atoms with Crippen LogP contribution >= 0.6 is 0 Å². The third-order valence-electron chi connectivity index (χ3n) is 3.53. The predicted octanol–water partition coefficient (Wildman–Crippen LogP) is 4.05. The molecule has 3 aromatic rings. The van der Waals surface area contributed by atoms with Crippen LogP contribution in [0, 0.1) is 0 Å². The number of hydrogen-bond donors (Lipinski definition) is 0. The highest BCUT2D eigenvalue weighted by molar-refractivity contribution is 5.82. The molecule has 0 spiro atoms. The SMILES string of the molecule is CCOc1cnccc1-c1nc2cc(C(F)(F)F)ccc2n1C. The van der Waals surface area contributed by atoms with Crippen molar-refractivity contribution in [3.8, 4) is 17.1 Å². The van der Waals surface area contributed by atoms with E-state index in [4.69, 9.17) is 4.74 Å². The van der Waals surface area contributed by atoms with Gasteiger partial charge < -0.3 is 9.30 Å². The number of ether oxygens (including phenoxy) is 1. The summed E-state index contributed by atoms with van der Waals surface area (Å²) in [5.74, 6) is 1.08. The van der Waals surface area contributed by atoms with Crippen molar-refractivity contribution in [3.63, 3.8) is 0 Å². The first kappa shape index (κ1) is 15.3. The molecule has 120 valence electrons. The lowest BCUT2D eigenvalue weighted by Crippen LogP contribution is -2.04. The Morgan fingerprint density at radius 1 is 1.22 bits per heavy atom. The molecule has 0 saturated heterocycles. The van der Waals surface area contributed by atoms with Crippen LogP contribution < -0.4 is 4.74 Å². The van der Waals surface area contributed by atoms with E-state index in [2.05, 4.69) is 9.97 Å². The number of imidazole rings is 1. The Hall–Kier alpha value is -2.57. The number of hydrogen-bond acceptors (Lipinski definition) is 3. The van der Waals surface area contributed by atoms with Crippen molar-refractivity contribution >= 4 is 11.0 Å². The average Bonchev–Trinajstić information content (AvgIpc) is 2.84. The number of nitrogens with zero attached hydrogens (tertiary/aromatic N) is 3. The quantitative estimate of drug-likeness (QED) is 0.730. The van der Waals surface area contributed by atoms with Crippen LogP contribution in [0.1, 0.15) is 12.5 Å². The van der Waals surface area contributed by atoms with E-state index >= 15 is 0 Å². The number of fused-ring (bicyclic) bond motifs is 1. The molecule has 2 aromatic heterocycles. The summed E-state index contributed by atoms with van der Waals surface area (Å²) in [6.07, 6.45) is -1.23. The van der Waals surface area contributed by atoms with Crippen LogP contribution in [-0.2, 0) is 13.2 Å². The Labute approximate surface area is 130 Å². The smallest absolute Gasteiger partial charge is 0.416 e. The molecule has 0 N–H and O–H groups in total. The molecule has 0 atom stereocenters. The number of pyridine rings is 1. The number of alkyl halides is 3. The fourth-order valence-corrected chi connectivity index (χ4v) is 2.45. The van der Waals surface area contributed by atoms with Gasteiger partial charge in [-0.1, -0.05) is 0 Å². The van der Waals surface area contributed by atoms with Crippen LogP contribution in [0.2, 0.25) is 0 Å². The van der Waals surface area contributed by atoms with Crippen molar-refractivity contribution in [2.45, 2.75) is 13.1 Å². The summed E-state index contributed by atoms with van der Waals surface area (Å²) in [5, 5.41) is 0. The maximum Gasteiger partial charge on any atom is 0.416 e. The molecule has 0 aliphatic heterocycles. The van der Waals surface area contributed by atoms with Gasteiger partial charge in [-0.25, -0.2) is 4.98 Å². The summed E-state index contributed by atoms with van der Waals surface area (Å²) in [6.45, 7) is 2.31. The van der Waals surface area contributed by atoms with Crippen molar-refractivity contribution in [3.05, 3.63) is 42.2 Å². The minimum absolute atomic E-state index is 0.289. The van der Waals surface area contributed by atoms with Crippen molar-refractivity contribution in [2.75, 3.05) is 6.61 Å². The molecule has 0 saturated carbocycles. The van der Waals surface area contributed by atoms with Crippen LogP contribution in [0.3, 0.4) is 0 Å². The summed E-state index contributed by atoms with van der Waals surface area (Å²) in [7, 11) is 1.76. The van der Waals surface area contributed by atoms with Gasteiger partial charge >= 0.3 is 6.18 Å². The normalized spacial score (nSPS) is 11.9. The monoisotopic (exact) mass is 321 g/mol. The second kappa shape index (κ2) is 5.57. The van der Waals surface area contributed by atoms with Crippen molar-refractivity contribution < 1.29 is 17.9 Å². The van der Waals surface area contributed by atoms with E-state index in [9.17, 15) is 13.2 Å². The van der Waals surface area contributed by atoms with Crippen LogP contribution in [0.15, 0.2) is 36.7 Å². The fourth-order valence-electron chi connectivity index (χ4n) is 2.45. The average molecular weight is 321 g/mol. The van der Waals surface area contributed by atoms with E-state index in [0.717, 1.165) is 12.1 Å². The van der Waals surface area contributed by atoms with Crippen molar-refractivity contribution in [1.29, 1.82) is 0 Å². The van der Waals surface area contributed by atoms with Gasteiger partial charge in [-0.05, 0) is 31.2 Å². The second-order valence-corrected chi connectivity index (χ2v) is 5.00. The summed E-state index contributed by atoms with van der Waals surface area (Å²) >= 11 is 0. The van der Waals surface area contributed by atoms with E-state index in [0.29, 0.717) is 29.3 Å². The molecule has 0 aliphatic carbocycles. The molecule has 23 heavy (non-hydrogen) atoms. The molecule has 4 nitrogen and oxygen atoms in total. The zero-order valence-corrected chi connectivity index (χ0v) is 12.6. The van der Waals surface area contributed by atoms with E-state index in [1.165, 1.54) is 6.07 Å². The zero-order valence-electron chi connectivity index (χ0n) is 12.6. The summed E-state index contributed by atoms with van der Waals surface area (Å²) < 4.78 is 45.8. The van der Waals surface area contributed by atoms with Gasteiger partial charge in [-0.15, -0.1) is 0 Å². The first-order chi connectivity index (χ1) is 10.9. The van der Waals surface area contributed by atoms with Crippen LogP contribution in [0.4, 0.5) is 13.2 Å². The van der Waals surface area contributed by atoms with E-state index in [-0.39, 0.29) is 5.52 Å². The summed E-state index contributed by atoms with van der Waals surface area (Å²) in [5.41, 5.74) is 0.882. The minimum Gasteiger partial charge on any atom is -0.491 e. The van der Waals surface area contributed by atoms with Gasteiger partial charge in [0.1, 0.15) is 11.6 Å². The van der Waals surface area contributed by atoms with Gasteiger partial charge in [0.15, 0.2) is 0 Å². The van der Waals surface area contributed by atoms with Gasteiger partial charge in [0, 0.05) is 13.2 Å². The van der Waals surface area contributed by atoms with Gasteiger partial charge in [-0.3, -0.25) is 4.98 Å². The van der Waals surface area contributed by atoms with Crippen LogP contribution in [0.5, 0.6) is 5.75 Å². The Kier molecular flexibility index (Phi) is 3.71. The van der Waals surface area contributed by atoms with Gasteiger partial charge in [0.05, 0.1) is 35.0 Å². The fraction of sp³-hybridized carbons (Fsp3) is 0.250. The van der Waals surface area contributed by atoms with E-state index in [1.54, 1.807) is 30.1 Å². The molecule has 0 amide bonds. The van der Waals surface area contributed by atoms with E-state index < -0.39 is 11.7 Å². The molecular formula is C16H14F3N3O.